The van der Waals surface area contributed by atoms with Crippen molar-refractivity contribution >= 4 is 63.4 Å². The topological polar surface area (TPSA) is 171 Å². The molecule has 5 amide bonds. The van der Waals surface area contributed by atoms with Gasteiger partial charge in [-0.3, -0.25) is 9.79 Å². The Labute approximate surface area is 377 Å². The first-order chi connectivity index (χ1) is 28.6. The predicted molar refractivity (Wildman–Crippen MR) is 249 cm³/mol. The maximum Gasteiger partial charge on any atom is 0.421 e. The van der Waals surface area contributed by atoms with Crippen LogP contribution < -0.4 is 10.8 Å². The van der Waals surface area contributed by atoms with E-state index in [0.29, 0.717) is 6.04 Å². The number of β-lactam (4-membered cyclic amide) rings is 1. The molecule has 3 saturated heterocycles. The van der Waals surface area contributed by atoms with Gasteiger partial charge in [0, 0.05) is 29.4 Å². The molecule has 0 N–H and O–H groups in total. The molecule has 2 aromatic heterocycles. The molecule has 1 spiro atoms. The molecule has 17 heteroatoms. The second-order valence-electron chi connectivity index (χ2n) is 21.9. The summed E-state index contributed by atoms with van der Waals surface area (Å²) in [6.45, 7) is 41.2. The van der Waals surface area contributed by atoms with Crippen molar-refractivity contribution < 1.29 is 51.8 Å². The summed E-state index contributed by atoms with van der Waals surface area (Å²) in [6, 6.07) is 3.18. The lowest BCUT2D eigenvalue weighted by Crippen LogP contribution is -2.80. The summed E-state index contributed by atoms with van der Waals surface area (Å²) in [5.74, 6) is -0.341. The van der Waals surface area contributed by atoms with Crippen molar-refractivity contribution in [3.8, 4) is 0 Å². The molecule has 5 heterocycles. The van der Waals surface area contributed by atoms with Crippen LogP contribution >= 0.6 is 0 Å². The van der Waals surface area contributed by atoms with Crippen molar-refractivity contribution in [2.75, 3.05) is 0 Å². The van der Waals surface area contributed by atoms with E-state index < -0.39 is 69.4 Å². The van der Waals surface area contributed by atoms with Crippen LogP contribution in [-0.2, 0) is 23.7 Å². The summed E-state index contributed by atoms with van der Waals surface area (Å²) in [4.78, 5) is 71.8. The van der Waals surface area contributed by atoms with Crippen LogP contribution in [0, 0.1) is 11.8 Å². The van der Waals surface area contributed by atoms with E-state index >= 15 is 0 Å². The molecule has 3 aliphatic heterocycles. The molecule has 3 fully saturated rings. The minimum atomic E-state index is -1.94. The highest BCUT2D eigenvalue weighted by atomic mass is 28.3. The zero-order valence-corrected chi connectivity index (χ0v) is 43.8. The molecule has 0 aliphatic carbocycles. The Kier molecular flexibility index (Phi) is 16.3. The highest BCUT2D eigenvalue weighted by Gasteiger charge is 2.77. The van der Waals surface area contributed by atoms with Crippen molar-refractivity contribution in [3.05, 3.63) is 35.8 Å². The molecule has 3 aliphatic rings. The van der Waals surface area contributed by atoms with Gasteiger partial charge in [-0.25, -0.2) is 24.1 Å². The minimum Gasteiger partial charge on any atom is -0.474 e. The summed E-state index contributed by atoms with van der Waals surface area (Å²) in [5.41, 5.74) is -0.996. The number of rotatable bonds is 8. The van der Waals surface area contributed by atoms with E-state index in [4.69, 9.17) is 27.8 Å². The molecule has 63 heavy (non-hydrogen) atoms. The lowest BCUT2D eigenvalue weighted by Gasteiger charge is -2.59. The number of amides is 5. The largest absolute Gasteiger partial charge is 0.474 e. The number of likely N-dealkylation sites (tertiary alicyclic amines) is 1. The maximum absolute atomic E-state index is 13.9. The molecule has 5 atom stereocenters. The van der Waals surface area contributed by atoms with Gasteiger partial charge in [-0.2, -0.15) is 4.90 Å². The van der Waals surface area contributed by atoms with Crippen LogP contribution in [0.4, 0.5) is 19.2 Å². The number of carbonyl (C=O) groups is 5. The molecular formula is C46H76N4O11Si2. The highest BCUT2D eigenvalue weighted by Crippen LogP contribution is 2.56. The lowest BCUT2D eigenvalue weighted by atomic mass is 9.67. The Morgan fingerprint density at radius 3 is 1.70 bits per heavy atom. The molecule has 5 rings (SSSR count). The number of furan rings is 2. The Morgan fingerprint density at radius 1 is 0.746 bits per heavy atom. The number of imide groups is 2. The standard InChI is InChI=1S/C23H36N2O6Si.C12H21NO4.C11H19NOSi/c1-13(2)17-23(25(20(27)30-17)21(28)31-22(5,6)7)16(24(14(3)4)19(23)26)15-11-12-29-18(15)32(8,9)10;1-7(2)9-8(3)13(10(14)16-9)11(15)17-12(4,5)6;1-9(2)12-8-10-6-7-13-11(10)14(3,4)5/h11-14,16-17H,1-10H3;7-9H,1-6H3;6-9H,1-5H3/t16-,17-,23-;8-,9+;/m01./s1. The molecule has 0 saturated carbocycles. The first kappa shape index (κ1) is 53.0. The Morgan fingerprint density at radius 2 is 1.25 bits per heavy atom. The lowest BCUT2D eigenvalue weighted by molar-refractivity contribution is -0.183. The van der Waals surface area contributed by atoms with Gasteiger partial charge in [-0.1, -0.05) is 67.0 Å². The van der Waals surface area contributed by atoms with Gasteiger partial charge in [0.1, 0.15) is 39.6 Å². The van der Waals surface area contributed by atoms with E-state index in [1.54, 1.807) is 65.9 Å². The number of carbonyl (C=O) groups excluding carboxylic acids is 5. The van der Waals surface area contributed by atoms with Crippen molar-refractivity contribution in [2.24, 2.45) is 16.8 Å². The van der Waals surface area contributed by atoms with Crippen LogP contribution in [0.25, 0.3) is 0 Å². The fourth-order valence-corrected chi connectivity index (χ4v) is 10.9. The molecule has 15 nitrogen and oxygen atoms in total. The van der Waals surface area contributed by atoms with E-state index in [-0.39, 0.29) is 35.9 Å². The van der Waals surface area contributed by atoms with Crippen LogP contribution in [0.15, 0.2) is 38.5 Å². The van der Waals surface area contributed by atoms with E-state index in [1.807, 2.05) is 59.9 Å². The second-order valence-corrected chi connectivity index (χ2v) is 31.8. The Bertz CT molecular complexity index is 1980. The van der Waals surface area contributed by atoms with Gasteiger partial charge in [0.25, 0.3) is 5.91 Å². The van der Waals surface area contributed by atoms with Crippen molar-refractivity contribution in [1.82, 2.24) is 14.7 Å². The summed E-state index contributed by atoms with van der Waals surface area (Å²) in [6.07, 6.45) is 1.26. The van der Waals surface area contributed by atoms with Crippen LogP contribution in [0.3, 0.4) is 0 Å². The molecule has 0 radical (unpaired) electrons. The molecule has 0 bridgehead atoms. The smallest absolute Gasteiger partial charge is 0.421 e. The Balaban J connectivity index is 0.000000285. The molecular weight excluding hydrogens is 841 g/mol. The number of cyclic esters (lactones) is 2. The number of hydrogen-bond acceptors (Lipinski definition) is 12. The van der Waals surface area contributed by atoms with Gasteiger partial charge < -0.3 is 32.7 Å². The number of nitrogens with zero attached hydrogens (tertiary/aromatic N) is 4. The number of hydrogen-bond donors (Lipinski definition) is 0. The van der Waals surface area contributed by atoms with E-state index in [0.717, 1.165) is 31.7 Å². The normalized spacial score (nSPS) is 23.0. The van der Waals surface area contributed by atoms with Crippen LogP contribution in [0.2, 0.25) is 39.3 Å². The monoisotopic (exact) mass is 917 g/mol. The predicted octanol–water partition coefficient (Wildman–Crippen LogP) is 9.71. The fourth-order valence-electron chi connectivity index (χ4n) is 7.94. The zero-order chi connectivity index (χ0) is 48.5. The fraction of sp³-hybridized carbons (Fsp3) is 0.696. The SMILES string of the molecule is CC(C)N=Cc1ccoc1[Si](C)(C)C.CC(C)[C@@H]1OC(=O)N(C(=O)OC(C)(C)C)[C@@H]1C.CC(C)[C@@H]1OC(=O)N(C(=O)OC(C)(C)C)[C@]12C(=O)N(C(C)C)[C@H]2c1ccoc1[Si](C)(C)C. The van der Waals surface area contributed by atoms with Gasteiger partial charge in [0.15, 0.2) is 5.54 Å². The molecule has 0 aromatic carbocycles. The quantitative estimate of drug-likeness (QED) is 0.107. The van der Waals surface area contributed by atoms with E-state index in [1.165, 1.54) is 0 Å². The van der Waals surface area contributed by atoms with Crippen LogP contribution in [0.1, 0.15) is 121 Å². The first-order valence-corrected chi connectivity index (χ1v) is 29.1. The number of aliphatic imine (C=N–C) groups is 1. The number of ether oxygens (including phenoxy) is 4. The minimum absolute atomic E-state index is 0.147. The third-order valence-corrected chi connectivity index (χ3v) is 13.9. The van der Waals surface area contributed by atoms with Gasteiger partial charge in [0.05, 0.1) is 35.4 Å². The average molecular weight is 917 g/mol. The summed E-state index contributed by atoms with van der Waals surface area (Å²) < 4.78 is 33.1. The van der Waals surface area contributed by atoms with Crippen molar-refractivity contribution in [1.29, 1.82) is 0 Å². The molecule has 354 valence electrons. The van der Waals surface area contributed by atoms with Gasteiger partial charge >= 0.3 is 24.4 Å². The first-order valence-electron chi connectivity index (χ1n) is 22.1. The highest BCUT2D eigenvalue weighted by molar-refractivity contribution is 6.88. The zero-order valence-electron chi connectivity index (χ0n) is 41.8. The Hall–Kier alpha value is -4.39. The van der Waals surface area contributed by atoms with Crippen LogP contribution in [0.5, 0.6) is 0 Å². The molecule has 0 unspecified atom stereocenters. The second kappa shape index (κ2) is 19.4. The van der Waals surface area contributed by atoms with Gasteiger partial charge in [0.2, 0.25) is 0 Å². The van der Waals surface area contributed by atoms with Gasteiger partial charge in [-0.05, 0) is 100 Å². The average Bonchev–Trinajstić information content (AvgIpc) is 3.89. The van der Waals surface area contributed by atoms with E-state index in [2.05, 4.69) is 58.1 Å². The maximum atomic E-state index is 13.9. The van der Waals surface area contributed by atoms with Gasteiger partial charge in [-0.15, -0.1) is 0 Å². The van der Waals surface area contributed by atoms with Crippen LogP contribution in [-0.4, -0.2) is 114 Å². The summed E-state index contributed by atoms with van der Waals surface area (Å²) in [7, 11) is -3.30. The van der Waals surface area contributed by atoms with Crippen molar-refractivity contribution in [3.63, 3.8) is 0 Å². The van der Waals surface area contributed by atoms with Crippen molar-refractivity contribution in [2.45, 2.75) is 196 Å². The summed E-state index contributed by atoms with van der Waals surface area (Å²) in [5, 5.41) is 1.98. The third kappa shape index (κ3) is 11.9. The third-order valence-electron chi connectivity index (χ3n) is 10.3. The summed E-state index contributed by atoms with van der Waals surface area (Å²) >= 11 is 0. The van der Waals surface area contributed by atoms with E-state index in [9.17, 15) is 24.0 Å². The molecule has 2 aromatic rings.